The van der Waals surface area contributed by atoms with Crippen LogP contribution >= 0.6 is 15.6 Å². The van der Waals surface area contributed by atoms with E-state index in [4.69, 9.17) is 37.0 Å². The van der Waals surface area contributed by atoms with Gasteiger partial charge in [-0.1, -0.05) is 228 Å². The molecule has 0 aliphatic heterocycles. The van der Waals surface area contributed by atoms with Crippen LogP contribution in [0, 0.1) is 0 Å². The molecule has 19 heteroatoms. The molecule has 0 heterocycles. The molecule has 0 saturated carbocycles. The fourth-order valence-corrected chi connectivity index (χ4v) is 10.9. The third-order valence-corrected chi connectivity index (χ3v) is 16.7. The first-order valence-corrected chi connectivity index (χ1v) is 38.8. The number of rotatable bonds is 67. The van der Waals surface area contributed by atoms with Gasteiger partial charge in [-0.15, -0.1) is 0 Å². The van der Waals surface area contributed by atoms with Gasteiger partial charge in [0.25, 0.3) is 0 Å². The lowest BCUT2D eigenvalue weighted by atomic mass is 10.1. The molecule has 17 nitrogen and oxygen atoms in total. The maximum Gasteiger partial charge on any atom is 0.472 e. The van der Waals surface area contributed by atoms with Gasteiger partial charge in [-0.25, -0.2) is 9.13 Å². The topological polar surface area (TPSA) is 237 Å². The minimum absolute atomic E-state index is 0.0755. The molecular formula is C73H128O17P2. The van der Waals surface area contributed by atoms with Crippen molar-refractivity contribution in [2.24, 2.45) is 0 Å². The highest BCUT2D eigenvalue weighted by Gasteiger charge is 2.30. The van der Waals surface area contributed by atoms with Gasteiger partial charge in [0.15, 0.2) is 12.2 Å². The first-order chi connectivity index (χ1) is 44.7. The van der Waals surface area contributed by atoms with Crippen LogP contribution in [0.4, 0.5) is 0 Å². The molecule has 92 heavy (non-hydrogen) atoms. The molecule has 0 aromatic carbocycles. The van der Waals surface area contributed by atoms with Crippen molar-refractivity contribution in [1.82, 2.24) is 0 Å². The molecule has 0 radical (unpaired) electrons. The van der Waals surface area contributed by atoms with Crippen molar-refractivity contribution in [3.8, 4) is 0 Å². The van der Waals surface area contributed by atoms with Gasteiger partial charge in [0.1, 0.15) is 19.3 Å². The highest BCUT2D eigenvalue weighted by atomic mass is 31.2. The van der Waals surface area contributed by atoms with E-state index in [2.05, 4.69) is 113 Å². The largest absolute Gasteiger partial charge is 0.472 e. The molecule has 0 aromatic heterocycles. The van der Waals surface area contributed by atoms with Crippen molar-refractivity contribution in [2.45, 2.75) is 316 Å². The number of hydrogen-bond donors (Lipinski definition) is 3. The number of carbonyl (C=O) groups excluding carboxylic acids is 4. The molecular weight excluding hydrogens is 1210 g/mol. The molecule has 3 N–H and O–H groups in total. The van der Waals surface area contributed by atoms with E-state index in [0.717, 1.165) is 173 Å². The summed E-state index contributed by atoms with van der Waals surface area (Å²) in [6, 6.07) is 0. The molecule has 0 rings (SSSR count). The third-order valence-electron chi connectivity index (χ3n) is 14.8. The number of unbranched alkanes of at least 4 members (excludes halogenated alkanes) is 27. The number of aliphatic hydroxyl groups excluding tert-OH is 1. The van der Waals surface area contributed by atoms with E-state index in [1.165, 1.54) is 44.9 Å². The van der Waals surface area contributed by atoms with Crippen LogP contribution < -0.4 is 0 Å². The summed E-state index contributed by atoms with van der Waals surface area (Å²) in [6.07, 6.45) is 64.5. The Morgan fingerprint density at radius 2 is 0.576 bits per heavy atom. The summed E-state index contributed by atoms with van der Waals surface area (Å²) >= 11 is 0. The zero-order chi connectivity index (χ0) is 67.5. The molecule has 0 saturated heterocycles. The maximum absolute atomic E-state index is 13.0. The Labute approximate surface area is 557 Å². The molecule has 5 atom stereocenters. The van der Waals surface area contributed by atoms with Gasteiger partial charge in [-0.05, 0) is 128 Å². The summed E-state index contributed by atoms with van der Waals surface area (Å²) in [5.74, 6) is -2.22. The van der Waals surface area contributed by atoms with E-state index < -0.39 is 97.5 Å². The number of hydrogen-bond acceptors (Lipinski definition) is 15. The van der Waals surface area contributed by atoms with Crippen LogP contribution in [0.15, 0.2) is 85.1 Å². The minimum Gasteiger partial charge on any atom is -0.462 e. The summed E-state index contributed by atoms with van der Waals surface area (Å²) in [5, 5.41) is 10.6. The first-order valence-electron chi connectivity index (χ1n) is 35.8. The van der Waals surface area contributed by atoms with Gasteiger partial charge in [0.2, 0.25) is 0 Å². The lowest BCUT2D eigenvalue weighted by Crippen LogP contribution is -2.30. The van der Waals surface area contributed by atoms with Crippen molar-refractivity contribution in [1.29, 1.82) is 0 Å². The smallest absolute Gasteiger partial charge is 0.462 e. The van der Waals surface area contributed by atoms with E-state index in [-0.39, 0.29) is 25.7 Å². The number of ether oxygens (including phenoxy) is 4. The molecule has 0 bridgehead atoms. The number of phosphoric acid groups is 2. The Bertz CT molecular complexity index is 2090. The minimum atomic E-state index is -4.97. The Balaban J connectivity index is 5.34. The second-order valence-electron chi connectivity index (χ2n) is 23.8. The summed E-state index contributed by atoms with van der Waals surface area (Å²) in [4.78, 5) is 72.5. The Morgan fingerprint density at radius 3 is 0.913 bits per heavy atom. The van der Waals surface area contributed by atoms with Crippen molar-refractivity contribution >= 4 is 39.5 Å². The maximum atomic E-state index is 13.0. The predicted octanol–water partition coefficient (Wildman–Crippen LogP) is 19.9. The standard InChI is InChI=1S/C73H128O17P2/c1-5-9-13-17-21-25-29-31-33-35-39-42-46-50-54-58-71(76)84-64-69(90-73(78)60-56-52-48-44-40-36-34-32-30-26-22-18-14-10-6-2)66-88-92(81,82)86-62-67(74)61-85-91(79,80)87-65-68(89-72(77)59-55-51-47-43-38-28-24-20-16-12-8-4)63-83-70(75)57-53-49-45-41-37-27-23-19-15-11-7-3/h9,13,19-26,31-34,67-69,74H,5-8,10-12,14-18,27-30,35-66H2,1-4H3,(H,79,80)(H,81,82)/b13-9-,23-19-,24-20-,25-21-,26-22-,33-31-,34-32-. The summed E-state index contributed by atoms with van der Waals surface area (Å²) in [7, 11) is -9.94. The fourth-order valence-electron chi connectivity index (χ4n) is 9.28. The van der Waals surface area contributed by atoms with Crippen molar-refractivity contribution in [3.63, 3.8) is 0 Å². The Hall–Kier alpha value is -3.76. The van der Waals surface area contributed by atoms with Crippen LogP contribution in [0.5, 0.6) is 0 Å². The number of allylic oxidation sites excluding steroid dienone is 14. The number of phosphoric ester groups is 2. The zero-order valence-electron chi connectivity index (χ0n) is 57.7. The van der Waals surface area contributed by atoms with Crippen LogP contribution in [0.25, 0.3) is 0 Å². The summed E-state index contributed by atoms with van der Waals surface area (Å²) < 4.78 is 68.2. The average Bonchev–Trinajstić information content (AvgIpc) is 2.93. The van der Waals surface area contributed by atoms with E-state index in [0.29, 0.717) is 25.7 Å². The van der Waals surface area contributed by atoms with Gasteiger partial charge in [-0.2, -0.15) is 0 Å². The van der Waals surface area contributed by atoms with Crippen molar-refractivity contribution in [2.75, 3.05) is 39.6 Å². The number of aliphatic hydroxyl groups is 1. The Morgan fingerprint density at radius 1 is 0.315 bits per heavy atom. The molecule has 0 aromatic rings. The molecule has 532 valence electrons. The third kappa shape index (κ3) is 64.9. The van der Waals surface area contributed by atoms with Gasteiger partial charge in [0.05, 0.1) is 26.4 Å². The first kappa shape index (κ1) is 88.2. The van der Waals surface area contributed by atoms with Crippen LogP contribution in [-0.2, 0) is 65.4 Å². The molecule has 0 aliphatic rings. The van der Waals surface area contributed by atoms with Crippen LogP contribution in [-0.4, -0.2) is 96.7 Å². The number of esters is 4. The second kappa shape index (κ2) is 65.9. The molecule has 0 amide bonds. The van der Waals surface area contributed by atoms with Crippen molar-refractivity contribution < 1.29 is 80.2 Å². The molecule has 5 unspecified atom stereocenters. The van der Waals surface area contributed by atoms with Gasteiger partial charge < -0.3 is 33.8 Å². The average molecular weight is 1340 g/mol. The molecule has 0 spiro atoms. The Kier molecular flexibility index (Phi) is 63.2. The van der Waals surface area contributed by atoms with E-state index in [1.54, 1.807) is 0 Å². The summed E-state index contributed by atoms with van der Waals surface area (Å²) in [6.45, 7) is 4.60. The zero-order valence-corrected chi connectivity index (χ0v) is 59.5. The second-order valence-corrected chi connectivity index (χ2v) is 26.7. The number of carbonyl (C=O) groups is 4. The lowest BCUT2D eigenvalue weighted by Gasteiger charge is -2.21. The van der Waals surface area contributed by atoms with E-state index in [1.807, 2.05) is 0 Å². The quantitative estimate of drug-likeness (QED) is 0.0169. The van der Waals surface area contributed by atoms with Gasteiger partial charge >= 0.3 is 39.5 Å². The fraction of sp³-hybridized carbons (Fsp3) is 0.753. The highest BCUT2D eigenvalue weighted by molar-refractivity contribution is 7.47. The lowest BCUT2D eigenvalue weighted by molar-refractivity contribution is -0.161. The van der Waals surface area contributed by atoms with Crippen LogP contribution in [0.3, 0.4) is 0 Å². The van der Waals surface area contributed by atoms with Crippen LogP contribution in [0.2, 0.25) is 0 Å². The van der Waals surface area contributed by atoms with Gasteiger partial charge in [-0.3, -0.25) is 37.3 Å². The molecule has 0 aliphatic carbocycles. The monoisotopic (exact) mass is 1340 g/mol. The molecule has 0 fully saturated rings. The van der Waals surface area contributed by atoms with Crippen molar-refractivity contribution in [3.05, 3.63) is 85.1 Å². The SMILES string of the molecule is CC/C=C\C/C=C\C/C=C\CCCCCCCC(=O)OCC(COP(=O)(O)OCC(O)COP(=O)(O)OCC(COC(=O)CCCCCCC/C=C\CCCC)OC(=O)CCCCCCC/C=C\CCCC)OC(=O)CCCCCCC/C=C\C/C=C\CCCCC. The van der Waals surface area contributed by atoms with Gasteiger partial charge in [0, 0.05) is 25.7 Å². The van der Waals surface area contributed by atoms with E-state index >= 15 is 0 Å². The highest BCUT2D eigenvalue weighted by Crippen LogP contribution is 2.45. The normalized spacial score (nSPS) is 14.6. The predicted molar refractivity (Wildman–Crippen MR) is 372 cm³/mol. The summed E-state index contributed by atoms with van der Waals surface area (Å²) in [5.41, 5.74) is 0. The van der Waals surface area contributed by atoms with Crippen LogP contribution in [0.1, 0.15) is 297 Å². The van der Waals surface area contributed by atoms with E-state index in [9.17, 15) is 43.2 Å².